The SMILES string of the molecule is Cc1ccc2nc(C)cc(C(=O)NC3CCN(c4cnccn4)CC3)c2c1. The average molecular weight is 361 g/mol. The van der Waals surface area contributed by atoms with Gasteiger partial charge in [0.15, 0.2) is 0 Å². The van der Waals surface area contributed by atoms with E-state index in [4.69, 9.17) is 0 Å². The van der Waals surface area contributed by atoms with Crippen LogP contribution in [0.15, 0.2) is 42.9 Å². The first-order valence-electron chi connectivity index (χ1n) is 9.30. The van der Waals surface area contributed by atoms with Gasteiger partial charge in [0.2, 0.25) is 0 Å². The third-order valence-electron chi connectivity index (χ3n) is 5.04. The zero-order valence-electron chi connectivity index (χ0n) is 15.6. The second-order valence-electron chi connectivity index (χ2n) is 7.13. The largest absolute Gasteiger partial charge is 0.355 e. The number of nitrogens with zero attached hydrogens (tertiary/aromatic N) is 4. The molecule has 0 unspecified atom stereocenters. The number of carbonyl (C=O) groups is 1. The maximum atomic E-state index is 13.0. The summed E-state index contributed by atoms with van der Waals surface area (Å²) < 4.78 is 0. The monoisotopic (exact) mass is 361 g/mol. The van der Waals surface area contributed by atoms with Crippen LogP contribution in [-0.4, -0.2) is 40.0 Å². The molecule has 27 heavy (non-hydrogen) atoms. The number of rotatable bonds is 3. The summed E-state index contributed by atoms with van der Waals surface area (Å²) in [5, 5.41) is 4.13. The van der Waals surface area contributed by atoms with Crippen LogP contribution in [0.25, 0.3) is 10.9 Å². The van der Waals surface area contributed by atoms with Crippen molar-refractivity contribution in [2.24, 2.45) is 0 Å². The van der Waals surface area contributed by atoms with E-state index in [9.17, 15) is 4.79 Å². The van der Waals surface area contributed by atoms with Gasteiger partial charge in [-0.15, -0.1) is 0 Å². The number of fused-ring (bicyclic) bond motifs is 1. The molecule has 0 saturated carbocycles. The number of benzene rings is 1. The van der Waals surface area contributed by atoms with E-state index in [-0.39, 0.29) is 11.9 Å². The molecule has 1 amide bonds. The summed E-state index contributed by atoms with van der Waals surface area (Å²) in [4.78, 5) is 28.2. The van der Waals surface area contributed by atoms with Gasteiger partial charge in [-0.3, -0.25) is 14.8 Å². The Morgan fingerprint density at radius 2 is 1.96 bits per heavy atom. The fraction of sp³-hybridized carbons (Fsp3) is 0.333. The molecule has 1 aromatic carbocycles. The van der Waals surface area contributed by atoms with Crippen LogP contribution in [0.4, 0.5) is 5.82 Å². The van der Waals surface area contributed by atoms with E-state index in [0.29, 0.717) is 5.56 Å². The van der Waals surface area contributed by atoms with Crippen molar-refractivity contribution in [1.29, 1.82) is 0 Å². The fourth-order valence-electron chi connectivity index (χ4n) is 3.63. The Bertz CT molecular complexity index is 965. The Morgan fingerprint density at radius 3 is 2.70 bits per heavy atom. The predicted octanol–water partition coefficient (Wildman–Crippen LogP) is 3.04. The molecule has 2 aromatic heterocycles. The van der Waals surface area contributed by atoms with Crippen molar-refractivity contribution in [3.63, 3.8) is 0 Å². The highest BCUT2D eigenvalue weighted by atomic mass is 16.1. The van der Waals surface area contributed by atoms with Crippen molar-refractivity contribution in [2.75, 3.05) is 18.0 Å². The van der Waals surface area contributed by atoms with Crippen LogP contribution >= 0.6 is 0 Å². The molecule has 3 aromatic rings. The highest BCUT2D eigenvalue weighted by molar-refractivity contribution is 6.06. The van der Waals surface area contributed by atoms with E-state index in [1.165, 1.54) is 0 Å². The lowest BCUT2D eigenvalue weighted by molar-refractivity contribution is 0.0932. The van der Waals surface area contributed by atoms with E-state index in [1.54, 1.807) is 18.6 Å². The molecule has 0 aliphatic carbocycles. The number of hydrogen-bond donors (Lipinski definition) is 1. The molecule has 1 saturated heterocycles. The number of hydrogen-bond acceptors (Lipinski definition) is 5. The first-order chi connectivity index (χ1) is 13.1. The number of pyridine rings is 1. The van der Waals surface area contributed by atoms with Gasteiger partial charge in [-0.2, -0.15) is 0 Å². The minimum absolute atomic E-state index is 0.0194. The third kappa shape index (κ3) is 3.74. The van der Waals surface area contributed by atoms with Gasteiger partial charge >= 0.3 is 0 Å². The van der Waals surface area contributed by atoms with Crippen LogP contribution in [0.1, 0.15) is 34.5 Å². The third-order valence-corrected chi connectivity index (χ3v) is 5.04. The lowest BCUT2D eigenvalue weighted by Gasteiger charge is -2.33. The van der Waals surface area contributed by atoms with Crippen molar-refractivity contribution in [1.82, 2.24) is 20.3 Å². The highest BCUT2D eigenvalue weighted by Gasteiger charge is 2.23. The first kappa shape index (κ1) is 17.4. The molecular weight excluding hydrogens is 338 g/mol. The quantitative estimate of drug-likeness (QED) is 0.776. The summed E-state index contributed by atoms with van der Waals surface area (Å²) in [6.07, 6.45) is 6.96. The van der Waals surface area contributed by atoms with Gasteiger partial charge in [-0.25, -0.2) is 4.98 Å². The smallest absolute Gasteiger partial charge is 0.252 e. The van der Waals surface area contributed by atoms with Crippen molar-refractivity contribution >= 4 is 22.6 Å². The van der Waals surface area contributed by atoms with Crippen LogP contribution in [0.3, 0.4) is 0 Å². The number of piperidine rings is 1. The first-order valence-corrected chi connectivity index (χ1v) is 9.30. The van der Waals surface area contributed by atoms with Crippen molar-refractivity contribution in [2.45, 2.75) is 32.7 Å². The number of anilines is 1. The Hall–Kier alpha value is -3.02. The van der Waals surface area contributed by atoms with Crippen LogP contribution in [0.5, 0.6) is 0 Å². The normalized spacial score (nSPS) is 15.1. The van der Waals surface area contributed by atoms with E-state index >= 15 is 0 Å². The molecule has 1 N–H and O–H groups in total. The molecule has 0 atom stereocenters. The Labute approximate surface area is 158 Å². The second kappa shape index (κ2) is 7.31. The number of aryl methyl sites for hydroxylation is 2. The second-order valence-corrected chi connectivity index (χ2v) is 7.13. The summed E-state index contributed by atoms with van der Waals surface area (Å²) in [7, 11) is 0. The molecule has 1 aliphatic heterocycles. The average Bonchev–Trinajstić information content (AvgIpc) is 2.69. The highest BCUT2D eigenvalue weighted by Crippen LogP contribution is 2.21. The van der Waals surface area contributed by atoms with E-state index in [0.717, 1.165) is 53.9 Å². The molecule has 1 fully saturated rings. The number of amides is 1. The zero-order valence-corrected chi connectivity index (χ0v) is 15.6. The molecule has 0 radical (unpaired) electrons. The lowest BCUT2D eigenvalue weighted by atomic mass is 10.0. The van der Waals surface area contributed by atoms with Gasteiger partial charge in [-0.1, -0.05) is 11.6 Å². The summed E-state index contributed by atoms with van der Waals surface area (Å²) in [6.45, 7) is 5.68. The molecule has 6 heteroatoms. The van der Waals surface area contributed by atoms with E-state index < -0.39 is 0 Å². The van der Waals surface area contributed by atoms with Crippen molar-refractivity contribution < 1.29 is 4.79 Å². The Balaban J connectivity index is 1.47. The lowest BCUT2D eigenvalue weighted by Crippen LogP contribution is -2.45. The molecule has 6 nitrogen and oxygen atoms in total. The number of nitrogens with one attached hydrogen (secondary N) is 1. The number of aromatic nitrogens is 3. The molecular formula is C21H23N5O. The Kier molecular flexibility index (Phi) is 4.71. The molecule has 138 valence electrons. The van der Waals surface area contributed by atoms with Crippen LogP contribution in [0.2, 0.25) is 0 Å². The topological polar surface area (TPSA) is 71.0 Å². The standard InChI is InChI=1S/C21H23N5O/c1-14-3-4-19-17(11-14)18(12-15(2)24-19)21(27)25-16-5-9-26(10-6-16)20-13-22-7-8-23-20/h3-4,7-8,11-13,16H,5-6,9-10H2,1-2H3,(H,25,27). The fourth-order valence-corrected chi connectivity index (χ4v) is 3.63. The van der Waals surface area contributed by atoms with Gasteiger partial charge in [0, 0.05) is 42.6 Å². The van der Waals surface area contributed by atoms with Crippen LogP contribution in [-0.2, 0) is 0 Å². The van der Waals surface area contributed by atoms with Gasteiger partial charge < -0.3 is 10.2 Å². The molecule has 3 heterocycles. The maximum Gasteiger partial charge on any atom is 0.252 e. The number of carbonyl (C=O) groups excluding carboxylic acids is 1. The van der Waals surface area contributed by atoms with Gasteiger partial charge in [0.25, 0.3) is 5.91 Å². The van der Waals surface area contributed by atoms with Gasteiger partial charge in [-0.05, 0) is 44.9 Å². The minimum atomic E-state index is -0.0194. The van der Waals surface area contributed by atoms with Gasteiger partial charge in [0.05, 0.1) is 17.3 Å². The minimum Gasteiger partial charge on any atom is -0.355 e. The summed E-state index contributed by atoms with van der Waals surface area (Å²) in [5.41, 5.74) is 3.55. The van der Waals surface area contributed by atoms with E-state index in [1.807, 2.05) is 38.1 Å². The van der Waals surface area contributed by atoms with Crippen molar-refractivity contribution in [3.05, 3.63) is 59.7 Å². The zero-order chi connectivity index (χ0) is 18.8. The Morgan fingerprint density at radius 1 is 1.15 bits per heavy atom. The van der Waals surface area contributed by atoms with Gasteiger partial charge in [0.1, 0.15) is 5.82 Å². The molecule has 0 spiro atoms. The summed E-state index contributed by atoms with van der Waals surface area (Å²) in [6, 6.07) is 8.09. The summed E-state index contributed by atoms with van der Waals surface area (Å²) in [5.74, 6) is 0.877. The molecule has 0 bridgehead atoms. The van der Waals surface area contributed by atoms with Crippen molar-refractivity contribution in [3.8, 4) is 0 Å². The van der Waals surface area contributed by atoms with Crippen LogP contribution in [0, 0.1) is 13.8 Å². The molecule has 1 aliphatic rings. The van der Waals surface area contributed by atoms with E-state index in [2.05, 4.69) is 25.2 Å². The maximum absolute atomic E-state index is 13.0. The molecule has 4 rings (SSSR count). The predicted molar refractivity (Wildman–Crippen MR) is 106 cm³/mol. The van der Waals surface area contributed by atoms with Crippen LogP contribution < -0.4 is 10.2 Å². The summed E-state index contributed by atoms with van der Waals surface area (Å²) >= 11 is 0.